The molecule has 2 saturated heterocycles. The molecule has 2 heterocycles. The second-order valence-electron chi connectivity index (χ2n) is 7.52. The third kappa shape index (κ3) is 2.45. The second-order valence-corrected chi connectivity index (χ2v) is 7.52. The smallest absolute Gasteiger partial charge is 0.226 e. The van der Waals surface area contributed by atoms with Gasteiger partial charge < -0.3 is 10.2 Å². The van der Waals surface area contributed by atoms with Crippen molar-refractivity contribution in [3.8, 4) is 0 Å². The molecule has 118 valence electrons. The molecule has 4 unspecified atom stereocenters. The fourth-order valence-corrected chi connectivity index (χ4v) is 4.60. The molecule has 1 N–H and O–H groups in total. The predicted octanol–water partition coefficient (Wildman–Crippen LogP) is 2.84. The van der Waals surface area contributed by atoms with Crippen LogP contribution in [0.1, 0.15) is 49.1 Å². The first-order valence-corrected chi connectivity index (χ1v) is 8.71. The summed E-state index contributed by atoms with van der Waals surface area (Å²) in [6, 6.07) is 10.3. The van der Waals surface area contributed by atoms with E-state index in [1.807, 2.05) is 7.05 Å². The van der Waals surface area contributed by atoms with E-state index in [0.29, 0.717) is 30.0 Å². The van der Waals surface area contributed by atoms with Crippen molar-refractivity contribution in [1.82, 2.24) is 10.2 Å². The Labute approximate surface area is 133 Å². The summed E-state index contributed by atoms with van der Waals surface area (Å²) >= 11 is 0. The minimum absolute atomic E-state index is 0.221. The van der Waals surface area contributed by atoms with Crippen molar-refractivity contribution < 1.29 is 4.79 Å². The number of piperidine rings is 1. The van der Waals surface area contributed by atoms with Crippen LogP contribution in [-0.2, 0) is 4.79 Å². The number of fused-ring (bicyclic) bond motifs is 2. The topological polar surface area (TPSA) is 32.3 Å². The SMILES string of the molecule is Cc1ccccc1C1CC1C(=O)N(C)C1CC2CCC(C1)N2. The number of benzene rings is 1. The third-order valence-corrected chi connectivity index (χ3v) is 6.04. The molecule has 2 bridgehead atoms. The maximum absolute atomic E-state index is 12.8. The molecule has 2 aliphatic heterocycles. The van der Waals surface area contributed by atoms with Crippen LogP contribution in [0.5, 0.6) is 0 Å². The van der Waals surface area contributed by atoms with Crippen LogP contribution in [-0.4, -0.2) is 36.0 Å². The van der Waals surface area contributed by atoms with Gasteiger partial charge in [-0.3, -0.25) is 4.79 Å². The van der Waals surface area contributed by atoms with Gasteiger partial charge in [0, 0.05) is 31.1 Å². The number of amides is 1. The van der Waals surface area contributed by atoms with Gasteiger partial charge >= 0.3 is 0 Å². The first-order chi connectivity index (χ1) is 10.6. The molecule has 1 saturated carbocycles. The Morgan fingerprint density at radius 2 is 1.82 bits per heavy atom. The van der Waals surface area contributed by atoms with E-state index in [9.17, 15) is 4.79 Å². The Morgan fingerprint density at radius 1 is 1.14 bits per heavy atom. The Morgan fingerprint density at radius 3 is 2.50 bits per heavy atom. The predicted molar refractivity (Wildman–Crippen MR) is 87.8 cm³/mol. The Balaban J connectivity index is 1.42. The van der Waals surface area contributed by atoms with Crippen molar-refractivity contribution in [2.24, 2.45) is 5.92 Å². The first-order valence-electron chi connectivity index (χ1n) is 8.71. The number of rotatable bonds is 3. The molecule has 1 aliphatic carbocycles. The van der Waals surface area contributed by atoms with Gasteiger partial charge in [0.1, 0.15) is 0 Å². The quantitative estimate of drug-likeness (QED) is 0.930. The van der Waals surface area contributed by atoms with E-state index >= 15 is 0 Å². The lowest BCUT2D eigenvalue weighted by Crippen LogP contribution is -2.49. The van der Waals surface area contributed by atoms with Gasteiger partial charge in [-0.05, 0) is 56.1 Å². The molecule has 3 aliphatic rings. The number of aryl methyl sites for hydroxylation is 1. The third-order valence-electron chi connectivity index (χ3n) is 6.04. The van der Waals surface area contributed by atoms with Crippen molar-refractivity contribution in [2.45, 2.75) is 63.1 Å². The molecule has 22 heavy (non-hydrogen) atoms. The first kappa shape index (κ1) is 14.3. The summed E-state index contributed by atoms with van der Waals surface area (Å²) in [5.41, 5.74) is 2.70. The number of hydrogen-bond donors (Lipinski definition) is 1. The van der Waals surface area contributed by atoms with E-state index in [-0.39, 0.29) is 5.92 Å². The van der Waals surface area contributed by atoms with Gasteiger partial charge in [0.15, 0.2) is 0 Å². The van der Waals surface area contributed by atoms with Gasteiger partial charge in [0.25, 0.3) is 0 Å². The largest absolute Gasteiger partial charge is 0.342 e. The molecule has 4 rings (SSSR count). The van der Waals surface area contributed by atoms with E-state index in [2.05, 4.69) is 41.4 Å². The van der Waals surface area contributed by atoms with Gasteiger partial charge in [-0.15, -0.1) is 0 Å². The molecule has 0 spiro atoms. The minimum Gasteiger partial charge on any atom is -0.342 e. The Bertz CT molecular complexity index is 573. The average Bonchev–Trinajstić information content (AvgIpc) is 3.25. The summed E-state index contributed by atoms with van der Waals surface area (Å²) in [7, 11) is 2.03. The van der Waals surface area contributed by atoms with Crippen LogP contribution >= 0.6 is 0 Å². The van der Waals surface area contributed by atoms with Gasteiger partial charge in [-0.2, -0.15) is 0 Å². The maximum atomic E-state index is 12.8. The molecule has 1 aromatic rings. The molecule has 4 atom stereocenters. The maximum Gasteiger partial charge on any atom is 0.226 e. The highest BCUT2D eigenvalue weighted by molar-refractivity contribution is 5.83. The molecular weight excluding hydrogens is 272 g/mol. The molecular formula is C19H26N2O. The van der Waals surface area contributed by atoms with Crippen molar-refractivity contribution in [3.05, 3.63) is 35.4 Å². The summed E-state index contributed by atoms with van der Waals surface area (Å²) in [5.74, 6) is 1.05. The van der Waals surface area contributed by atoms with Crippen LogP contribution < -0.4 is 5.32 Å². The lowest BCUT2D eigenvalue weighted by molar-refractivity contribution is -0.134. The fraction of sp³-hybridized carbons (Fsp3) is 0.632. The van der Waals surface area contributed by atoms with E-state index in [1.165, 1.54) is 24.0 Å². The van der Waals surface area contributed by atoms with Crippen LogP contribution in [0.25, 0.3) is 0 Å². The van der Waals surface area contributed by atoms with Crippen LogP contribution in [0.4, 0.5) is 0 Å². The monoisotopic (exact) mass is 298 g/mol. The summed E-state index contributed by atoms with van der Waals surface area (Å²) in [4.78, 5) is 14.9. The van der Waals surface area contributed by atoms with Gasteiger partial charge in [-0.25, -0.2) is 0 Å². The average molecular weight is 298 g/mol. The summed E-state index contributed by atoms with van der Waals surface area (Å²) in [6.07, 6.45) is 5.89. The zero-order valence-corrected chi connectivity index (χ0v) is 13.6. The van der Waals surface area contributed by atoms with Gasteiger partial charge in [0.05, 0.1) is 0 Å². The zero-order valence-electron chi connectivity index (χ0n) is 13.6. The van der Waals surface area contributed by atoms with Crippen LogP contribution in [0.15, 0.2) is 24.3 Å². The van der Waals surface area contributed by atoms with Crippen molar-refractivity contribution in [3.63, 3.8) is 0 Å². The van der Waals surface area contributed by atoms with Crippen LogP contribution in [0.3, 0.4) is 0 Å². The van der Waals surface area contributed by atoms with Gasteiger partial charge in [-0.1, -0.05) is 24.3 Å². The minimum atomic E-state index is 0.221. The highest BCUT2D eigenvalue weighted by Gasteiger charge is 2.47. The molecule has 1 amide bonds. The van der Waals surface area contributed by atoms with E-state index in [1.54, 1.807) is 0 Å². The Kier molecular flexibility index (Phi) is 3.48. The normalized spacial score (nSPS) is 36.2. The Hall–Kier alpha value is -1.35. The zero-order chi connectivity index (χ0) is 15.3. The number of nitrogens with zero attached hydrogens (tertiary/aromatic N) is 1. The second kappa shape index (κ2) is 5.38. The highest BCUT2D eigenvalue weighted by Crippen LogP contribution is 2.49. The fourth-order valence-electron chi connectivity index (χ4n) is 4.60. The molecule has 3 nitrogen and oxygen atoms in total. The highest BCUT2D eigenvalue weighted by atomic mass is 16.2. The van der Waals surface area contributed by atoms with Crippen molar-refractivity contribution in [1.29, 1.82) is 0 Å². The summed E-state index contributed by atoms with van der Waals surface area (Å²) in [6.45, 7) is 2.16. The van der Waals surface area contributed by atoms with E-state index in [4.69, 9.17) is 0 Å². The lowest BCUT2D eigenvalue weighted by atomic mass is 9.97. The number of nitrogens with one attached hydrogen (secondary N) is 1. The van der Waals surface area contributed by atoms with Crippen LogP contribution in [0.2, 0.25) is 0 Å². The van der Waals surface area contributed by atoms with E-state index < -0.39 is 0 Å². The van der Waals surface area contributed by atoms with Gasteiger partial charge in [0.2, 0.25) is 5.91 Å². The number of carbonyl (C=O) groups excluding carboxylic acids is 1. The molecule has 1 aromatic carbocycles. The molecule has 0 aromatic heterocycles. The van der Waals surface area contributed by atoms with Crippen molar-refractivity contribution in [2.75, 3.05) is 7.05 Å². The lowest BCUT2D eigenvalue weighted by Gasteiger charge is -2.35. The number of carbonyl (C=O) groups is 1. The van der Waals surface area contributed by atoms with E-state index in [0.717, 1.165) is 19.3 Å². The van der Waals surface area contributed by atoms with Crippen LogP contribution in [0, 0.1) is 12.8 Å². The molecule has 3 heteroatoms. The van der Waals surface area contributed by atoms with Crippen molar-refractivity contribution >= 4 is 5.91 Å². The molecule has 3 fully saturated rings. The summed E-state index contributed by atoms with van der Waals surface area (Å²) in [5, 5.41) is 3.66. The molecule has 0 radical (unpaired) electrons. The summed E-state index contributed by atoms with van der Waals surface area (Å²) < 4.78 is 0. The number of hydrogen-bond acceptors (Lipinski definition) is 2. The standard InChI is InChI=1S/C19H26N2O/c1-12-5-3-4-6-16(12)17-11-18(17)19(22)21(2)15-9-13-7-8-14(10-15)20-13/h3-6,13-15,17-18,20H,7-11H2,1-2H3.